The number of likely N-dealkylation sites (N-methyl/N-ethyl adjacent to an activating group) is 1. The van der Waals surface area contributed by atoms with E-state index in [0.29, 0.717) is 36.0 Å². The molecule has 2 aromatic carbocycles. The summed E-state index contributed by atoms with van der Waals surface area (Å²) < 4.78 is 7.35. The molecular formula is C30H32N4O3. The number of carbonyl (C=O) groups excluding carboxylic acids is 1. The van der Waals surface area contributed by atoms with Crippen LogP contribution in [0.4, 0.5) is 0 Å². The van der Waals surface area contributed by atoms with Gasteiger partial charge in [-0.3, -0.25) is 9.59 Å². The second-order valence-electron chi connectivity index (χ2n) is 9.98. The van der Waals surface area contributed by atoms with Crippen LogP contribution in [0.25, 0.3) is 21.9 Å². The Morgan fingerprint density at radius 2 is 1.95 bits per heavy atom. The van der Waals surface area contributed by atoms with Gasteiger partial charge in [-0.1, -0.05) is 18.2 Å². The first-order valence-electron chi connectivity index (χ1n) is 12.6. The maximum atomic E-state index is 13.2. The van der Waals surface area contributed by atoms with Gasteiger partial charge in [0.2, 0.25) is 5.88 Å². The van der Waals surface area contributed by atoms with Crippen LogP contribution in [0.2, 0.25) is 0 Å². The molecule has 0 spiro atoms. The molecule has 4 aromatic rings. The molecule has 190 valence electrons. The van der Waals surface area contributed by atoms with Gasteiger partial charge in [-0.15, -0.1) is 0 Å². The minimum absolute atomic E-state index is 0.0323. The largest absolute Gasteiger partial charge is 0.476 e. The van der Waals surface area contributed by atoms with E-state index in [1.807, 2.05) is 81.8 Å². The summed E-state index contributed by atoms with van der Waals surface area (Å²) in [7, 11) is 3.99. The Labute approximate surface area is 216 Å². The fourth-order valence-corrected chi connectivity index (χ4v) is 4.27. The van der Waals surface area contributed by atoms with Crippen LogP contribution < -0.4 is 15.6 Å². The lowest BCUT2D eigenvalue weighted by Crippen LogP contribution is -2.25. The number of hydrogen-bond acceptors (Lipinski definition) is 5. The van der Waals surface area contributed by atoms with Gasteiger partial charge in [0.25, 0.3) is 11.5 Å². The Kier molecular flexibility index (Phi) is 7.06. The average Bonchev–Trinajstić information content (AvgIpc) is 3.70. The van der Waals surface area contributed by atoms with Crippen LogP contribution >= 0.6 is 0 Å². The van der Waals surface area contributed by atoms with Crippen LogP contribution in [0.3, 0.4) is 0 Å². The fourth-order valence-electron chi connectivity index (χ4n) is 4.27. The Hall–Kier alpha value is -3.97. The maximum absolute atomic E-state index is 13.2. The van der Waals surface area contributed by atoms with E-state index in [-0.39, 0.29) is 11.5 Å². The quantitative estimate of drug-likeness (QED) is 0.375. The third kappa shape index (κ3) is 5.89. The Morgan fingerprint density at radius 1 is 1.11 bits per heavy atom. The van der Waals surface area contributed by atoms with E-state index in [1.165, 1.54) is 0 Å². The summed E-state index contributed by atoms with van der Waals surface area (Å²) >= 11 is 0. The van der Waals surface area contributed by atoms with Crippen molar-refractivity contribution in [3.63, 3.8) is 0 Å². The zero-order valence-electron chi connectivity index (χ0n) is 21.5. The van der Waals surface area contributed by atoms with Crippen molar-refractivity contribution in [2.45, 2.75) is 32.4 Å². The fraction of sp³-hybridized carbons (Fsp3) is 0.300. The zero-order chi connectivity index (χ0) is 25.9. The standard InChI is InChI=1S/C30H32N4O3/c1-20-4-6-24(29(35)32-25-8-9-25)17-27(20)22-7-10-26-23(16-22)12-13-34(30(26)36)19-21-5-11-28(31-18-21)37-15-14-33(2)3/h4-7,10-13,16-18,25H,8-9,14-15,19H2,1-3H3,(H,32,35). The highest BCUT2D eigenvalue weighted by Gasteiger charge is 2.24. The molecule has 0 radical (unpaired) electrons. The number of carbonyl (C=O) groups is 1. The summed E-state index contributed by atoms with van der Waals surface area (Å²) in [4.78, 5) is 32.2. The molecule has 0 atom stereocenters. The minimum atomic E-state index is -0.0513. The molecule has 2 aromatic heterocycles. The highest BCUT2D eigenvalue weighted by molar-refractivity contribution is 5.96. The molecule has 2 heterocycles. The predicted octanol–water partition coefficient (Wildman–Crippen LogP) is 4.25. The molecule has 1 N–H and O–H groups in total. The Morgan fingerprint density at radius 3 is 2.68 bits per heavy atom. The Balaban J connectivity index is 1.35. The van der Waals surface area contributed by atoms with E-state index in [0.717, 1.165) is 47.0 Å². The molecule has 0 unspecified atom stereocenters. The van der Waals surface area contributed by atoms with E-state index in [2.05, 4.69) is 15.2 Å². The van der Waals surface area contributed by atoms with Gasteiger partial charge in [0.15, 0.2) is 0 Å². The lowest BCUT2D eigenvalue weighted by Gasteiger charge is -2.12. The highest BCUT2D eigenvalue weighted by atomic mass is 16.5. The van der Waals surface area contributed by atoms with Crippen LogP contribution in [0.1, 0.15) is 34.3 Å². The molecule has 1 aliphatic carbocycles. The molecule has 0 aliphatic heterocycles. The molecule has 0 saturated heterocycles. The van der Waals surface area contributed by atoms with Crippen molar-refractivity contribution in [2.75, 3.05) is 27.2 Å². The molecule has 37 heavy (non-hydrogen) atoms. The average molecular weight is 497 g/mol. The van der Waals surface area contributed by atoms with Crippen LogP contribution in [0, 0.1) is 6.92 Å². The van der Waals surface area contributed by atoms with Crippen molar-refractivity contribution in [1.82, 2.24) is 19.8 Å². The second kappa shape index (κ2) is 10.6. The number of rotatable bonds is 9. The smallest absolute Gasteiger partial charge is 0.258 e. The summed E-state index contributed by atoms with van der Waals surface area (Å²) in [5, 5.41) is 4.58. The topological polar surface area (TPSA) is 76.5 Å². The molecule has 7 heteroatoms. The van der Waals surface area contributed by atoms with Gasteiger partial charge < -0.3 is 19.5 Å². The summed E-state index contributed by atoms with van der Waals surface area (Å²) in [5.41, 5.74) is 4.59. The molecule has 5 rings (SSSR count). The number of aryl methyl sites for hydroxylation is 1. The summed E-state index contributed by atoms with van der Waals surface area (Å²) in [6.45, 7) is 3.85. The monoisotopic (exact) mass is 496 g/mol. The van der Waals surface area contributed by atoms with Gasteiger partial charge in [0.1, 0.15) is 6.61 Å². The highest BCUT2D eigenvalue weighted by Crippen LogP contribution is 2.28. The van der Waals surface area contributed by atoms with Crippen LogP contribution in [-0.2, 0) is 6.54 Å². The van der Waals surface area contributed by atoms with E-state index in [4.69, 9.17) is 4.74 Å². The third-order valence-corrected chi connectivity index (χ3v) is 6.64. The van der Waals surface area contributed by atoms with Crippen LogP contribution in [-0.4, -0.2) is 53.6 Å². The van der Waals surface area contributed by atoms with E-state index in [9.17, 15) is 9.59 Å². The van der Waals surface area contributed by atoms with Gasteiger partial charge >= 0.3 is 0 Å². The van der Waals surface area contributed by atoms with Crippen molar-refractivity contribution >= 4 is 16.7 Å². The first-order valence-corrected chi connectivity index (χ1v) is 12.6. The number of nitrogens with zero attached hydrogens (tertiary/aromatic N) is 3. The first-order chi connectivity index (χ1) is 17.9. The number of ether oxygens (including phenoxy) is 1. The van der Waals surface area contributed by atoms with E-state index < -0.39 is 0 Å². The van der Waals surface area contributed by atoms with Gasteiger partial charge in [-0.05, 0) is 91.8 Å². The number of aromatic nitrogens is 2. The van der Waals surface area contributed by atoms with Crippen LogP contribution in [0.15, 0.2) is 71.8 Å². The molecule has 1 saturated carbocycles. The second-order valence-corrected chi connectivity index (χ2v) is 9.98. The molecular weight excluding hydrogens is 464 g/mol. The summed E-state index contributed by atoms with van der Waals surface area (Å²) in [5.74, 6) is 0.545. The number of nitrogens with one attached hydrogen (secondary N) is 1. The molecule has 1 amide bonds. The van der Waals surface area contributed by atoms with Crippen molar-refractivity contribution in [3.8, 4) is 17.0 Å². The molecule has 1 aliphatic rings. The van der Waals surface area contributed by atoms with Crippen molar-refractivity contribution < 1.29 is 9.53 Å². The number of amides is 1. The zero-order valence-corrected chi connectivity index (χ0v) is 21.5. The molecule has 0 bridgehead atoms. The van der Waals surface area contributed by atoms with Crippen molar-refractivity contribution in [3.05, 3.63) is 94.0 Å². The van der Waals surface area contributed by atoms with Crippen LogP contribution in [0.5, 0.6) is 5.88 Å². The normalized spacial score (nSPS) is 13.2. The van der Waals surface area contributed by atoms with Gasteiger partial charge in [-0.25, -0.2) is 4.98 Å². The number of pyridine rings is 2. The predicted molar refractivity (Wildman–Crippen MR) is 146 cm³/mol. The van der Waals surface area contributed by atoms with E-state index >= 15 is 0 Å². The third-order valence-electron chi connectivity index (χ3n) is 6.64. The lowest BCUT2D eigenvalue weighted by molar-refractivity contribution is 0.0951. The van der Waals surface area contributed by atoms with Crippen molar-refractivity contribution in [2.24, 2.45) is 0 Å². The summed E-state index contributed by atoms with van der Waals surface area (Å²) in [6.07, 6.45) is 5.68. The van der Waals surface area contributed by atoms with Gasteiger partial charge in [0, 0.05) is 42.0 Å². The summed E-state index contributed by atoms with van der Waals surface area (Å²) in [6, 6.07) is 17.7. The first kappa shape index (κ1) is 24.7. The number of hydrogen-bond donors (Lipinski definition) is 1. The molecule has 1 fully saturated rings. The minimum Gasteiger partial charge on any atom is -0.476 e. The maximum Gasteiger partial charge on any atom is 0.258 e. The van der Waals surface area contributed by atoms with Gasteiger partial charge in [0.05, 0.1) is 6.54 Å². The number of fused-ring (bicyclic) bond motifs is 1. The van der Waals surface area contributed by atoms with Crippen molar-refractivity contribution in [1.29, 1.82) is 0 Å². The SMILES string of the molecule is Cc1ccc(C(=O)NC2CC2)cc1-c1ccc2c(=O)n(Cc3ccc(OCCN(C)C)nc3)ccc2c1. The van der Waals surface area contributed by atoms with E-state index in [1.54, 1.807) is 10.8 Å². The molecule has 7 nitrogen and oxygen atoms in total. The Bertz CT molecular complexity index is 1490. The van der Waals surface area contributed by atoms with Gasteiger partial charge in [-0.2, -0.15) is 0 Å². The lowest BCUT2D eigenvalue weighted by atomic mass is 9.96. The number of benzene rings is 2.